The number of terminal acetylenes is 1. The molecule has 0 saturated heterocycles. The Balaban J connectivity index is 2.01. The van der Waals surface area contributed by atoms with Crippen molar-refractivity contribution in [2.75, 3.05) is 58.5 Å². The van der Waals surface area contributed by atoms with E-state index in [1.165, 1.54) is 6.92 Å². The molecule has 4 N–H and O–H groups in total. The second-order valence-electron chi connectivity index (χ2n) is 10.3. The monoisotopic (exact) mass is 662 g/mol. The Morgan fingerprint density at radius 3 is 2.35 bits per heavy atom. The largest absolute Gasteiger partial charge is 0.463 e. The summed E-state index contributed by atoms with van der Waals surface area (Å²) in [5.41, 5.74) is 5.31. The molecule has 252 valence electrons. The van der Waals surface area contributed by atoms with E-state index in [-0.39, 0.29) is 55.3 Å². The van der Waals surface area contributed by atoms with Crippen molar-refractivity contribution in [3.63, 3.8) is 0 Å². The lowest BCUT2D eigenvalue weighted by atomic mass is 10.0. The fourth-order valence-electron chi connectivity index (χ4n) is 4.03. The zero-order valence-corrected chi connectivity index (χ0v) is 27.4. The Bertz CT molecular complexity index is 1480. The lowest BCUT2D eigenvalue weighted by Crippen LogP contribution is -2.54. The number of ether oxygens (including phenoxy) is 4. The van der Waals surface area contributed by atoms with Crippen molar-refractivity contribution >= 4 is 52.1 Å². The molecule has 0 aliphatic rings. The van der Waals surface area contributed by atoms with E-state index in [0.717, 1.165) is 22.0 Å². The summed E-state index contributed by atoms with van der Waals surface area (Å²) < 4.78 is 23.4. The van der Waals surface area contributed by atoms with Gasteiger partial charge in [0.2, 0.25) is 11.8 Å². The predicted molar refractivity (Wildman–Crippen MR) is 173 cm³/mol. The zero-order valence-electron chi connectivity index (χ0n) is 26.6. The molecule has 0 aliphatic carbocycles. The van der Waals surface area contributed by atoms with E-state index in [1.54, 1.807) is 13.8 Å². The maximum Gasteiger partial charge on any atom is 0.338 e. The molecule has 0 radical (unpaired) electrons. The Morgan fingerprint density at radius 1 is 1.04 bits per heavy atom. The molecule has 2 rings (SSSR count). The quantitative estimate of drug-likeness (QED) is 0.0721. The third-order valence-electron chi connectivity index (χ3n) is 6.36. The SMILES string of the molecule is C#CCn1c(=O)n(C(=O)C(C)NC(=O)C(NC(=O)COCCOCCOCCN=C=S)C(C)C)c2c(N)nc(OCCCC)nc21. The number of unbranched alkanes of at least 4 members (excludes halogenated alkanes) is 1. The fourth-order valence-corrected chi connectivity index (χ4v) is 4.12. The Morgan fingerprint density at radius 2 is 1.72 bits per heavy atom. The van der Waals surface area contributed by atoms with Crippen LogP contribution < -0.4 is 26.8 Å². The van der Waals surface area contributed by atoms with Crippen molar-refractivity contribution in [2.45, 2.75) is 59.2 Å². The van der Waals surface area contributed by atoms with Gasteiger partial charge >= 0.3 is 11.7 Å². The van der Waals surface area contributed by atoms with Gasteiger partial charge < -0.3 is 35.3 Å². The number of fused-ring (bicyclic) bond motifs is 1. The topological polar surface area (TPSA) is 203 Å². The molecule has 0 saturated carbocycles. The normalized spacial score (nSPS) is 12.3. The Kier molecular flexibility index (Phi) is 16.5. The summed E-state index contributed by atoms with van der Waals surface area (Å²) in [6.07, 6.45) is 7.09. The van der Waals surface area contributed by atoms with Gasteiger partial charge in [-0.3, -0.25) is 19.0 Å². The first-order valence-electron chi connectivity index (χ1n) is 14.8. The van der Waals surface area contributed by atoms with Crippen LogP contribution in [0.25, 0.3) is 11.2 Å². The average Bonchev–Trinajstić information content (AvgIpc) is 3.29. The maximum atomic E-state index is 13.5. The highest BCUT2D eigenvalue weighted by Crippen LogP contribution is 2.21. The van der Waals surface area contributed by atoms with Gasteiger partial charge in [-0.1, -0.05) is 33.1 Å². The Hall–Kier alpha value is -4.20. The van der Waals surface area contributed by atoms with Crippen LogP contribution in [0.4, 0.5) is 5.82 Å². The minimum Gasteiger partial charge on any atom is -0.463 e. The van der Waals surface area contributed by atoms with E-state index in [2.05, 4.69) is 48.9 Å². The standard InChI is InChI=1S/C29H42N8O8S/c1-6-8-11-45-28-34-24(30)23-25(35-28)36(10-7-2)29(41)37(23)27(40)20(5)32-26(39)22(19(3)4)33-21(38)17-44-16-15-43-14-13-42-12-9-31-18-46/h2,19-20,22H,6,8-17H2,1,3-5H3,(H,32,39)(H,33,38)(H2,30,34,35). The number of imidazole rings is 1. The number of hydrogen-bond donors (Lipinski definition) is 3. The minimum atomic E-state index is -1.21. The Labute approximate surface area is 272 Å². The van der Waals surface area contributed by atoms with Gasteiger partial charge in [0.05, 0.1) is 57.9 Å². The molecule has 2 amide bonds. The molecule has 0 bridgehead atoms. The molecule has 2 atom stereocenters. The van der Waals surface area contributed by atoms with Crippen LogP contribution in [-0.4, -0.2) is 107 Å². The van der Waals surface area contributed by atoms with E-state index in [1.807, 2.05) is 6.92 Å². The molecule has 0 aliphatic heterocycles. The van der Waals surface area contributed by atoms with Crippen LogP contribution in [0, 0.1) is 18.3 Å². The van der Waals surface area contributed by atoms with Gasteiger partial charge in [-0.05, 0) is 31.5 Å². The van der Waals surface area contributed by atoms with Crippen LogP contribution in [0.5, 0.6) is 6.01 Å². The van der Waals surface area contributed by atoms with Gasteiger partial charge in [0.1, 0.15) is 24.2 Å². The molecule has 17 heteroatoms. The third-order valence-corrected chi connectivity index (χ3v) is 6.49. The second-order valence-corrected chi connectivity index (χ2v) is 10.5. The van der Waals surface area contributed by atoms with Gasteiger partial charge in [-0.25, -0.2) is 14.4 Å². The highest BCUT2D eigenvalue weighted by molar-refractivity contribution is 7.78. The summed E-state index contributed by atoms with van der Waals surface area (Å²) >= 11 is 4.47. The van der Waals surface area contributed by atoms with Crippen LogP contribution in [0.2, 0.25) is 0 Å². The number of nitrogen functional groups attached to an aromatic ring is 1. The maximum absolute atomic E-state index is 13.5. The zero-order chi connectivity index (χ0) is 34.1. The van der Waals surface area contributed by atoms with Crippen molar-refractivity contribution in [1.82, 2.24) is 29.7 Å². The lowest BCUT2D eigenvalue weighted by molar-refractivity contribution is -0.133. The van der Waals surface area contributed by atoms with Crippen molar-refractivity contribution in [1.29, 1.82) is 0 Å². The van der Waals surface area contributed by atoms with E-state index in [0.29, 0.717) is 33.0 Å². The summed E-state index contributed by atoms with van der Waals surface area (Å²) in [6.45, 7) is 8.62. The van der Waals surface area contributed by atoms with E-state index >= 15 is 0 Å². The number of carbonyl (C=O) groups excluding carboxylic acids is 3. The molecular formula is C29H42N8O8S. The van der Waals surface area contributed by atoms with E-state index < -0.39 is 35.5 Å². The van der Waals surface area contributed by atoms with Gasteiger partial charge in [-0.2, -0.15) is 9.97 Å². The van der Waals surface area contributed by atoms with Crippen LogP contribution in [0.15, 0.2) is 9.79 Å². The van der Waals surface area contributed by atoms with Gasteiger partial charge in [0.25, 0.3) is 5.91 Å². The first-order chi connectivity index (χ1) is 22.1. The average molecular weight is 663 g/mol. The molecule has 16 nitrogen and oxygen atoms in total. The molecule has 2 aromatic rings. The second kappa shape index (κ2) is 20.0. The van der Waals surface area contributed by atoms with Gasteiger partial charge in [-0.15, -0.1) is 6.42 Å². The highest BCUT2D eigenvalue weighted by atomic mass is 32.1. The molecular weight excluding hydrogens is 620 g/mol. The van der Waals surface area contributed by atoms with E-state index in [9.17, 15) is 19.2 Å². The number of isothiocyanates is 1. The van der Waals surface area contributed by atoms with Crippen LogP contribution in [0.1, 0.15) is 45.3 Å². The summed E-state index contributed by atoms with van der Waals surface area (Å²) in [4.78, 5) is 64.6. The first-order valence-corrected chi connectivity index (χ1v) is 15.2. The molecule has 0 fully saturated rings. The summed E-state index contributed by atoms with van der Waals surface area (Å²) in [6, 6.07) is -2.27. The first kappa shape index (κ1) is 38.0. The van der Waals surface area contributed by atoms with Crippen molar-refractivity contribution < 1.29 is 33.3 Å². The fraction of sp³-hybridized carbons (Fsp3) is 0.621. The number of nitrogens with two attached hydrogens (primary N) is 1. The van der Waals surface area contributed by atoms with Crippen molar-refractivity contribution in [3.8, 4) is 18.4 Å². The number of carbonyl (C=O) groups is 3. The number of aliphatic imine (C=N–C) groups is 1. The summed E-state index contributed by atoms with van der Waals surface area (Å²) in [5, 5.41) is 7.43. The summed E-state index contributed by atoms with van der Waals surface area (Å²) in [5.74, 6) is -0.138. The smallest absolute Gasteiger partial charge is 0.338 e. The lowest BCUT2D eigenvalue weighted by Gasteiger charge is -2.23. The van der Waals surface area contributed by atoms with Gasteiger partial charge in [0, 0.05) is 0 Å². The number of nitrogens with zero attached hydrogens (tertiary/aromatic N) is 5. The summed E-state index contributed by atoms with van der Waals surface area (Å²) in [7, 11) is 0. The molecule has 0 spiro atoms. The van der Waals surface area contributed by atoms with Crippen molar-refractivity contribution in [3.05, 3.63) is 10.5 Å². The number of nitrogens with one attached hydrogen (secondary N) is 2. The number of amides is 2. The van der Waals surface area contributed by atoms with Crippen LogP contribution >= 0.6 is 12.2 Å². The predicted octanol–water partition coefficient (Wildman–Crippen LogP) is 0.426. The highest BCUT2D eigenvalue weighted by Gasteiger charge is 2.30. The molecule has 2 aromatic heterocycles. The molecule has 46 heavy (non-hydrogen) atoms. The number of anilines is 1. The third kappa shape index (κ3) is 11.3. The number of hydrogen-bond acceptors (Lipinski definition) is 13. The van der Waals surface area contributed by atoms with Crippen LogP contribution in [-0.2, 0) is 30.3 Å². The minimum absolute atomic E-state index is 0.0213. The van der Waals surface area contributed by atoms with Crippen molar-refractivity contribution in [2.24, 2.45) is 10.9 Å². The van der Waals surface area contributed by atoms with Crippen LogP contribution in [0.3, 0.4) is 0 Å². The molecule has 0 aromatic carbocycles. The number of rotatable bonds is 21. The molecule has 2 heterocycles. The number of aromatic nitrogens is 4. The van der Waals surface area contributed by atoms with Gasteiger partial charge in [0.15, 0.2) is 11.5 Å². The number of thiocarbonyl (C=S) groups is 1. The molecule has 2 unspecified atom stereocenters. The van der Waals surface area contributed by atoms with E-state index in [4.69, 9.17) is 31.1 Å².